The standard InChI is InChI=1S/C20H17F3N2O3S/c1-27-16-8-4-7-15(17(16)28-2)18(26)25-19-24-11-14(29-19)10-12-5-3-6-13(9-12)20(21,22)23/h3-9,11H,10H2,1-2H3,(H,24,25,26). The molecule has 29 heavy (non-hydrogen) atoms. The van der Waals surface area contributed by atoms with Gasteiger partial charge < -0.3 is 9.47 Å². The van der Waals surface area contributed by atoms with Crippen molar-refractivity contribution >= 4 is 22.4 Å². The largest absolute Gasteiger partial charge is 0.493 e. The Kier molecular flexibility index (Phi) is 6.07. The maximum absolute atomic E-state index is 12.9. The molecule has 0 saturated carbocycles. The minimum atomic E-state index is -4.39. The zero-order valence-electron chi connectivity index (χ0n) is 15.5. The molecule has 3 rings (SSSR count). The summed E-state index contributed by atoms with van der Waals surface area (Å²) >= 11 is 1.19. The van der Waals surface area contributed by atoms with Crippen molar-refractivity contribution in [2.24, 2.45) is 0 Å². The third-order valence-corrected chi connectivity index (χ3v) is 4.97. The number of carbonyl (C=O) groups is 1. The number of methoxy groups -OCH3 is 2. The van der Waals surface area contributed by atoms with Crippen LogP contribution in [0.1, 0.15) is 26.4 Å². The van der Waals surface area contributed by atoms with Gasteiger partial charge in [-0.25, -0.2) is 4.98 Å². The van der Waals surface area contributed by atoms with E-state index < -0.39 is 17.6 Å². The number of amides is 1. The van der Waals surface area contributed by atoms with Gasteiger partial charge in [0, 0.05) is 17.5 Å². The van der Waals surface area contributed by atoms with Gasteiger partial charge in [-0.2, -0.15) is 13.2 Å². The van der Waals surface area contributed by atoms with Gasteiger partial charge in [0.25, 0.3) is 5.91 Å². The van der Waals surface area contributed by atoms with Crippen LogP contribution in [0, 0.1) is 0 Å². The zero-order chi connectivity index (χ0) is 21.0. The molecule has 1 aromatic heterocycles. The van der Waals surface area contributed by atoms with E-state index in [0.29, 0.717) is 22.2 Å². The number of benzene rings is 2. The molecule has 2 aromatic carbocycles. The van der Waals surface area contributed by atoms with Gasteiger partial charge in [-0.1, -0.05) is 24.3 Å². The number of nitrogens with one attached hydrogen (secondary N) is 1. The summed E-state index contributed by atoms with van der Waals surface area (Å²) in [6.45, 7) is 0. The quantitative estimate of drug-likeness (QED) is 0.606. The fourth-order valence-electron chi connectivity index (χ4n) is 2.74. The Morgan fingerprint density at radius 2 is 1.90 bits per heavy atom. The number of anilines is 1. The van der Waals surface area contributed by atoms with Gasteiger partial charge in [0.05, 0.1) is 25.3 Å². The molecule has 0 aliphatic heterocycles. The molecule has 5 nitrogen and oxygen atoms in total. The molecular weight excluding hydrogens is 405 g/mol. The summed E-state index contributed by atoms with van der Waals surface area (Å²) in [6, 6.07) is 10.1. The molecule has 0 spiro atoms. The molecule has 0 bridgehead atoms. The second kappa shape index (κ2) is 8.52. The summed E-state index contributed by atoms with van der Waals surface area (Å²) in [5, 5.41) is 3.01. The van der Waals surface area contributed by atoms with Gasteiger partial charge in [0.2, 0.25) is 0 Å². The molecule has 1 amide bonds. The minimum absolute atomic E-state index is 0.278. The molecule has 9 heteroatoms. The number of hydrogen-bond acceptors (Lipinski definition) is 5. The summed E-state index contributed by atoms with van der Waals surface area (Å²) in [5.74, 6) is 0.290. The number of carbonyl (C=O) groups excluding carboxylic acids is 1. The van der Waals surface area contributed by atoms with Crippen molar-refractivity contribution in [3.63, 3.8) is 0 Å². The van der Waals surface area contributed by atoms with Gasteiger partial charge in [-0.05, 0) is 23.8 Å². The van der Waals surface area contributed by atoms with Crippen LogP contribution in [-0.4, -0.2) is 25.1 Å². The lowest BCUT2D eigenvalue weighted by molar-refractivity contribution is -0.137. The molecule has 152 valence electrons. The maximum atomic E-state index is 12.9. The smallest absolute Gasteiger partial charge is 0.416 e. The van der Waals surface area contributed by atoms with Crippen molar-refractivity contribution < 1.29 is 27.4 Å². The van der Waals surface area contributed by atoms with Crippen molar-refractivity contribution in [2.75, 3.05) is 19.5 Å². The lowest BCUT2D eigenvalue weighted by atomic mass is 10.1. The van der Waals surface area contributed by atoms with E-state index in [0.717, 1.165) is 17.0 Å². The lowest BCUT2D eigenvalue weighted by Crippen LogP contribution is -2.13. The molecular formula is C20H17F3N2O3S. The van der Waals surface area contributed by atoms with E-state index in [9.17, 15) is 18.0 Å². The summed E-state index contributed by atoms with van der Waals surface area (Å²) in [5.41, 5.74) is 0.0930. The number of rotatable bonds is 6. The van der Waals surface area contributed by atoms with Gasteiger partial charge >= 0.3 is 6.18 Å². The predicted octanol–water partition coefficient (Wildman–Crippen LogP) is 5.02. The third-order valence-electron chi connectivity index (χ3n) is 4.05. The second-order valence-electron chi connectivity index (χ2n) is 6.00. The first-order valence-corrected chi connectivity index (χ1v) is 9.26. The summed E-state index contributed by atoms with van der Waals surface area (Å²) in [4.78, 5) is 17.4. The highest BCUT2D eigenvalue weighted by Crippen LogP contribution is 2.32. The number of thiazole rings is 1. The number of halogens is 3. The van der Waals surface area contributed by atoms with Crippen molar-refractivity contribution in [1.82, 2.24) is 4.98 Å². The molecule has 0 unspecified atom stereocenters. The van der Waals surface area contributed by atoms with E-state index in [1.165, 1.54) is 37.8 Å². The molecule has 0 aliphatic rings. The molecule has 0 radical (unpaired) electrons. The van der Waals surface area contributed by atoms with E-state index in [2.05, 4.69) is 10.3 Å². The van der Waals surface area contributed by atoms with E-state index in [4.69, 9.17) is 9.47 Å². The van der Waals surface area contributed by atoms with Crippen LogP contribution in [0.5, 0.6) is 11.5 Å². The molecule has 1 N–H and O–H groups in total. The maximum Gasteiger partial charge on any atom is 0.416 e. The summed E-state index contributed by atoms with van der Waals surface area (Å²) in [7, 11) is 2.91. The van der Waals surface area contributed by atoms with Crippen LogP contribution in [0.2, 0.25) is 0 Å². The van der Waals surface area contributed by atoms with Crippen molar-refractivity contribution in [1.29, 1.82) is 0 Å². The Balaban J connectivity index is 1.74. The van der Waals surface area contributed by atoms with E-state index >= 15 is 0 Å². The lowest BCUT2D eigenvalue weighted by Gasteiger charge is -2.11. The van der Waals surface area contributed by atoms with Crippen LogP contribution < -0.4 is 14.8 Å². The zero-order valence-corrected chi connectivity index (χ0v) is 16.4. The molecule has 1 heterocycles. The fraction of sp³-hybridized carbons (Fsp3) is 0.200. The number of nitrogens with zero attached hydrogens (tertiary/aromatic N) is 1. The second-order valence-corrected chi connectivity index (χ2v) is 7.12. The molecule has 0 aliphatic carbocycles. The van der Waals surface area contributed by atoms with Crippen LogP contribution in [0.15, 0.2) is 48.7 Å². The molecule has 0 atom stereocenters. The van der Waals surface area contributed by atoms with E-state index in [-0.39, 0.29) is 12.0 Å². The van der Waals surface area contributed by atoms with Crippen LogP contribution in [0.3, 0.4) is 0 Å². The highest BCUT2D eigenvalue weighted by molar-refractivity contribution is 7.15. The summed E-state index contributed by atoms with van der Waals surface area (Å²) in [6.07, 6.45) is -2.58. The minimum Gasteiger partial charge on any atom is -0.493 e. The SMILES string of the molecule is COc1cccc(C(=O)Nc2ncc(Cc3cccc(C(F)(F)F)c3)s2)c1OC. The van der Waals surface area contributed by atoms with Gasteiger partial charge in [-0.3, -0.25) is 10.1 Å². The average Bonchev–Trinajstić information content (AvgIpc) is 3.13. The first kappa shape index (κ1) is 20.7. The Labute approximate surface area is 169 Å². The number of aromatic nitrogens is 1. The van der Waals surface area contributed by atoms with Crippen LogP contribution in [0.25, 0.3) is 0 Å². The predicted molar refractivity (Wildman–Crippen MR) is 104 cm³/mol. The third kappa shape index (κ3) is 4.86. The first-order valence-electron chi connectivity index (χ1n) is 8.45. The Morgan fingerprint density at radius 3 is 2.59 bits per heavy atom. The number of ether oxygens (including phenoxy) is 2. The molecule has 0 fully saturated rings. The Hall–Kier alpha value is -3.07. The van der Waals surface area contributed by atoms with Crippen molar-refractivity contribution in [3.05, 3.63) is 70.2 Å². The highest BCUT2D eigenvalue weighted by atomic mass is 32.1. The highest BCUT2D eigenvalue weighted by Gasteiger charge is 2.30. The van der Waals surface area contributed by atoms with Crippen molar-refractivity contribution in [2.45, 2.75) is 12.6 Å². The first-order chi connectivity index (χ1) is 13.8. The molecule has 3 aromatic rings. The van der Waals surface area contributed by atoms with E-state index in [1.54, 1.807) is 24.3 Å². The summed E-state index contributed by atoms with van der Waals surface area (Å²) < 4.78 is 49.0. The topological polar surface area (TPSA) is 60.5 Å². The van der Waals surface area contributed by atoms with Crippen molar-refractivity contribution in [3.8, 4) is 11.5 Å². The van der Waals surface area contributed by atoms with Gasteiger partial charge in [-0.15, -0.1) is 11.3 Å². The number of para-hydroxylation sites is 1. The Bertz CT molecular complexity index is 1020. The van der Waals surface area contributed by atoms with Crippen LogP contribution >= 0.6 is 11.3 Å². The molecule has 0 saturated heterocycles. The number of hydrogen-bond donors (Lipinski definition) is 1. The van der Waals surface area contributed by atoms with Crippen LogP contribution in [0.4, 0.5) is 18.3 Å². The monoisotopic (exact) mass is 422 g/mol. The van der Waals surface area contributed by atoms with Gasteiger partial charge in [0.15, 0.2) is 16.6 Å². The van der Waals surface area contributed by atoms with Crippen LogP contribution in [-0.2, 0) is 12.6 Å². The Morgan fingerprint density at radius 1 is 1.14 bits per heavy atom. The fourth-order valence-corrected chi connectivity index (χ4v) is 3.58. The van der Waals surface area contributed by atoms with E-state index in [1.807, 2.05) is 0 Å². The normalized spacial score (nSPS) is 11.2. The van der Waals surface area contributed by atoms with Gasteiger partial charge in [0.1, 0.15) is 0 Å². The average molecular weight is 422 g/mol. The number of alkyl halides is 3.